The van der Waals surface area contributed by atoms with Gasteiger partial charge in [0.1, 0.15) is 5.82 Å². The van der Waals surface area contributed by atoms with Crippen LogP contribution in [0.5, 0.6) is 0 Å². The minimum atomic E-state index is 0.398. The predicted octanol–water partition coefficient (Wildman–Crippen LogP) is 0.524. The van der Waals surface area contributed by atoms with Crippen LogP contribution in [0.1, 0.15) is 6.92 Å². The number of anilines is 1. The molecule has 1 aliphatic rings. The molecule has 5 heteroatoms. The van der Waals surface area contributed by atoms with Crippen molar-refractivity contribution in [2.24, 2.45) is 0 Å². The second-order valence-electron chi connectivity index (χ2n) is 4.74. The Morgan fingerprint density at radius 3 is 2.71 bits per heavy atom. The SMILES string of the molecule is CC(CN1CCN(C)CC1)Nc1cnccn1. The average molecular weight is 235 g/mol. The molecule has 5 nitrogen and oxygen atoms in total. The van der Waals surface area contributed by atoms with Gasteiger partial charge in [-0.15, -0.1) is 0 Å². The van der Waals surface area contributed by atoms with Crippen molar-refractivity contribution >= 4 is 5.82 Å². The molecule has 1 saturated heterocycles. The molecule has 2 rings (SSSR count). The first kappa shape index (κ1) is 12.3. The number of aromatic nitrogens is 2. The van der Waals surface area contributed by atoms with Crippen molar-refractivity contribution < 1.29 is 0 Å². The maximum atomic E-state index is 4.22. The second-order valence-corrected chi connectivity index (χ2v) is 4.74. The lowest BCUT2D eigenvalue weighted by Crippen LogP contribution is -2.47. The summed E-state index contributed by atoms with van der Waals surface area (Å²) in [5.41, 5.74) is 0. The third kappa shape index (κ3) is 3.94. The van der Waals surface area contributed by atoms with Gasteiger partial charge in [-0.3, -0.25) is 9.88 Å². The van der Waals surface area contributed by atoms with E-state index in [-0.39, 0.29) is 0 Å². The van der Waals surface area contributed by atoms with Gasteiger partial charge in [0.25, 0.3) is 0 Å². The maximum Gasteiger partial charge on any atom is 0.144 e. The van der Waals surface area contributed by atoms with E-state index in [0.717, 1.165) is 38.5 Å². The summed E-state index contributed by atoms with van der Waals surface area (Å²) in [7, 11) is 2.18. The lowest BCUT2D eigenvalue weighted by Gasteiger charge is -2.34. The Bertz CT molecular complexity index is 321. The minimum absolute atomic E-state index is 0.398. The smallest absolute Gasteiger partial charge is 0.144 e. The van der Waals surface area contributed by atoms with E-state index < -0.39 is 0 Å². The summed E-state index contributed by atoms with van der Waals surface area (Å²) in [4.78, 5) is 13.1. The monoisotopic (exact) mass is 235 g/mol. The number of rotatable bonds is 4. The van der Waals surface area contributed by atoms with Crippen molar-refractivity contribution in [2.75, 3.05) is 45.1 Å². The fraction of sp³-hybridized carbons (Fsp3) is 0.667. The highest BCUT2D eigenvalue weighted by molar-refractivity contribution is 5.31. The molecule has 1 unspecified atom stereocenters. The van der Waals surface area contributed by atoms with Crippen LogP contribution in [0.25, 0.3) is 0 Å². The van der Waals surface area contributed by atoms with Gasteiger partial charge in [0.15, 0.2) is 0 Å². The lowest BCUT2D eigenvalue weighted by atomic mass is 10.2. The summed E-state index contributed by atoms with van der Waals surface area (Å²) in [6.45, 7) is 7.89. The van der Waals surface area contributed by atoms with Crippen LogP contribution in [0.15, 0.2) is 18.6 Å². The van der Waals surface area contributed by atoms with Crippen LogP contribution < -0.4 is 5.32 Å². The van der Waals surface area contributed by atoms with E-state index >= 15 is 0 Å². The van der Waals surface area contributed by atoms with Gasteiger partial charge >= 0.3 is 0 Å². The first-order chi connectivity index (χ1) is 8.24. The summed E-state index contributed by atoms with van der Waals surface area (Å²) in [5, 5.41) is 3.37. The molecule has 0 saturated carbocycles. The molecule has 0 bridgehead atoms. The van der Waals surface area contributed by atoms with Gasteiger partial charge < -0.3 is 10.2 Å². The van der Waals surface area contributed by atoms with Gasteiger partial charge in [-0.2, -0.15) is 0 Å². The highest BCUT2D eigenvalue weighted by Gasteiger charge is 2.15. The summed E-state index contributed by atoms with van der Waals surface area (Å²) in [6.07, 6.45) is 5.17. The highest BCUT2D eigenvalue weighted by Crippen LogP contribution is 2.04. The lowest BCUT2D eigenvalue weighted by molar-refractivity contribution is 0.151. The largest absolute Gasteiger partial charge is 0.365 e. The van der Waals surface area contributed by atoms with Gasteiger partial charge in [0.05, 0.1) is 6.20 Å². The van der Waals surface area contributed by atoms with E-state index in [1.807, 2.05) is 0 Å². The summed E-state index contributed by atoms with van der Waals surface area (Å²) < 4.78 is 0. The topological polar surface area (TPSA) is 44.3 Å². The Balaban J connectivity index is 1.76. The van der Waals surface area contributed by atoms with E-state index in [2.05, 4.69) is 39.1 Å². The normalized spacial score (nSPS) is 20.1. The molecule has 0 amide bonds. The number of hydrogen-bond acceptors (Lipinski definition) is 5. The third-order valence-electron chi connectivity index (χ3n) is 3.09. The van der Waals surface area contributed by atoms with Crippen molar-refractivity contribution in [3.8, 4) is 0 Å². The Hall–Kier alpha value is -1.20. The minimum Gasteiger partial charge on any atom is -0.365 e. The van der Waals surface area contributed by atoms with Crippen LogP contribution in [0.4, 0.5) is 5.82 Å². The highest BCUT2D eigenvalue weighted by atomic mass is 15.3. The third-order valence-corrected chi connectivity index (χ3v) is 3.09. The molecule has 0 aromatic carbocycles. The van der Waals surface area contributed by atoms with E-state index in [1.54, 1.807) is 18.6 Å². The maximum absolute atomic E-state index is 4.22. The van der Waals surface area contributed by atoms with E-state index in [9.17, 15) is 0 Å². The van der Waals surface area contributed by atoms with Crippen molar-refractivity contribution in [3.63, 3.8) is 0 Å². The van der Waals surface area contributed by atoms with Gasteiger partial charge in [0, 0.05) is 51.2 Å². The number of nitrogens with zero attached hydrogens (tertiary/aromatic N) is 4. The van der Waals surface area contributed by atoms with E-state index in [0.29, 0.717) is 6.04 Å². The van der Waals surface area contributed by atoms with Crippen LogP contribution >= 0.6 is 0 Å². The fourth-order valence-electron chi connectivity index (χ4n) is 2.09. The summed E-state index contributed by atoms with van der Waals surface area (Å²) >= 11 is 0. The molecule has 1 aliphatic heterocycles. The average Bonchev–Trinajstić information content (AvgIpc) is 2.33. The first-order valence-corrected chi connectivity index (χ1v) is 6.17. The second kappa shape index (κ2) is 5.93. The van der Waals surface area contributed by atoms with Crippen molar-refractivity contribution in [2.45, 2.75) is 13.0 Å². The molecular weight excluding hydrogens is 214 g/mol. The Kier molecular flexibility index (Phi) is 4.28. The molecule has 1 aromatic rings. The van der Waals surface area contributed by atoms with Crippen LogP contribution in [0.2, 0.25) is 0 Å². The summed E-state index contributed by atoms with van der Waals surface area (Å²) in [6, 6.07) is 0.398. The number of hydrogen-bond donors (Lipinski definition) is 1. The summed E-state index contributed by atoms with van der Waals surface area (Å²) in [5.74, 6) is 0.856. The molecule has 1 aromatic heterocycles. The molecular formula is C12H21N5. The van der Waals surface area contributed by atoms with Gasteiger partial charge in [-0.25, -0.2) is 4.98 Å². The number of nitrogens with one attached hydrogen (secondary N) is 1. The Labute approximate surface area is 103 Å². The zero-order valence-corrected chi connectivity index (χ0v) is 10.6. The van der Waals surface area contributed by atoms with Crippen LogP contribution in [0.3, 0.4) is 0 Å². The van der Waals surface area contributed by atoms with Crippen LogP contribution in [-0.2, 0) is 0 Å². The Morgan fingerprint density at radius 1 is 1.29 bits per heavy atom. The molecule has 17 heavy (non-hydrogen) atoms. The standard InChI is InChI=1S/C12H21N5/c1-11(15-12-9-13-3-4-14-12)10-17-7-5-16(2)6-8-17/h3-4,9,11H,5-8,10H2,1-2H3,(H,14,15). The van der Waals surface area contributed by atoms with Crippen molar-refractivity contribution in [3.05, 3.63) is 18.6 Å². The van der Waals surface area contributed by atoms with Crippen LogP contribution in [0, 0.1) is 0 Å². The predicted molar refractivity (Wildman–Crippen MR) is 69.1 cm³/mol. The molecule has 1 fully saturated rings. The number of piperazine rings is 1. The first-order valence-electron chi connectivity index (χ1n) is 6.17. The van der Waals surface area contributed by atoms with Gasteiger partial charge in [0.2, 0.25) is 0 Å². The molecule has 1 N–H and O–H groups in total. The van der Waals surface area contributed by atoms with Crippen LogP contribution in [-0.4, -0.2) is 65.6 Å². The van der Waals surface area contributed by atoms with Gasteiger partial charge in [-0.05, 0) is 14.0 Å². The quantitative estimate of drug-likeness (QED) is 0.824. The molecule has 0 radical (unpaired) electrons. The molecule has 94 valence electrons. The fourth-order valence-corrected chi connectivity index (χ4v) is 2.09. The molecule has 0 aliphatic carbocycles. The Morgan fingerprint density at radius 2 is 2.06 bits per heavy atom. The molecule has 0 spiro atoms. The van der Waals surface area contributed by atoms with Crippen molar-refractivity contribution in [1.82, 2.24) is 19.8 Å². The molecule has 1 atom stereocenters. The van der Waals surface area contributed by atoms with Gasteiger partial charge in [-0.1, -0.05) is 0 Å². The van der Waals surface area contributed by atoms with E-state index in [4.69, 9.17) is 0 Å². The van der Waals surface area contributed by atoms with E-state index in [1.165, 1.54) is 0 Å². The zero-order valence-electron chi connectivity index (χ0n) is 10.6. The van der Waals surface area contributed by atoms with Crippen molar-refractivity contribution in [1.29, 1.82) is 0 Å². The number of likely N-dealkylation sites (N-methyl/N-ethyl adjacent to an activating group) is 1. The molecule has 2 heterocycles. The zero-order chi connectivity index (χ0) is 12.1.